The first kappa shape index (κ1) is 11.0. The number of nitrogens with one attached hydrogen (secondary N) is 1. The SMILES string of the molecule is N#Cc1c[nH]c2nccc(-c3cccc(Br)c3)c12. The lowest BCUT2D eigenvalue weighted by Crippen LogP contribution is -1.83. The molecule has 1 aromatic carbocycles. The summed E-state index contributed by atoms with van der Waals surface area (Å²) in [4.78, 5) is 7.26. The lowest BCUT2D eigenvalue weighted by molar-refractivity contribution is 1.32. The minimum atomic E-state index is 0.619. The van der Waals surface area contributed by atoms with E-state index in [1.165, 1.54) is 0 Å². The Morgan fingerprint density at radius 2 is 2.17 bits per heavy atom. The Balaban J connectivity index is 2.36. The molecule has 0 unspecified atom stereocenters. The van der Waals surface area contributed by atoms with E-state index in [-0.39, 0.29) is 0 Å². The van der Waals surface area contributed by atoms with Crippen LogP contribution in [0.1, 0.15) is 5.56 Å². The maximum Gasteiger partial charge on any atom is 0.139 e. The number of nitrogens with zero attached hydrogens (tertiary/aromatic N) is 2. The van der Waals surface area contributed by atoms with Gasteiger partial charge in [0.15, 0.2) is 0 Å². The molecule has 3 aromatic rings. The van der Waals surface area contributed by atoms with Crippen molar-refractivity contribution in [3.63, 3.8) is 0 Å². The van der Waals surface area contributed by atoms with Crippen molar-refractivity contribution in [1.29, 1.82) is 5.26 Å². The lowest BCUT2D eigenvalue weighted by Gasteiger charge is -2.04. The van der Waals surface area contributed by atoms with E-state index in [4.69, 9.17) is 5.26 Å². The first-order chi connectivity index (χ1) is 8.79. The van der Waals surface area contributed by atoms with Gasteiger partial charge in [-0.2, -0.15) is 5.26 Å². The molecule has 0 fully saturated rings. The minimum absolute atomic E-state index is 0.619. The van der Waals surface area contributed by atoms with Crippen LogP contribution in [0.15, 0.2) is 47.2 Å². The third kappa shape index (κ3) is 1.69. The predicted molar refractivity (Wildman–Crippen MR) is 73.9 cm³/mol. The molecule has 3 rings (SSSR count). The Labute approximate surface area is 112 Å². The Morgan fingerprint density at radius 3 is 2.94 bits per heavy atom. The number of pyridine rings is 1. The minimum Gasteiger partial charge on any atom is -0.345 e. The zero-order valence-electron chi connectivity index (χ0n) is 9.31. The van der Waals surface area contributed by atoms with Gasteiger partial charge in [-0.3, -0.25) is 0 Å². The topological polar surface area (TPSA) is 52.5 Å². The number of rotatable bonds is 1. The van der Waals surface area contributed by atoms with Gasteiger partial charge in [0.25, 0.3) is 0 Å². The van der Waals surface area contributed by atoms with E-state index in [1.807, 2.05) is 30.3 Å². The van der Waals surface area contributed by atoms with Crippen LogP contribution in [0.5, 0.6) is 0 Å². The molecule has 0 atom stereocenters. The highest BCUT2D eigenvalue weighted by Gasteiger charge is 2.10. The molecule has 18 heavy (non-hydrogen) atoms. The van der Waals surface area contributed by atoms with E-state index in [2.05, 4.69) is 32.0 Å². The van der Waals surface area contributed by atoms with E-state index < -0.39 is 0 Å². The van der Waals surface area contributed by atoms with E-state index in [9.17, 15) is 0 Å². The molecular weight excluding hydrogens is 290 g/mol. The zero-order valence-corrected chi connectivity index (χ0v) is 10.9. The predicted octanol–water partition coefficient (Wildman–Crippen LogP) is 3.86. The normalized spacial score (nSPS) is 10.4. The van der Waals surface area contributed by atoms with Gasteiger partial charge in [0.2, 0.25) is 0 Å². The first-order valence-corrected chi connectivity index (χ1v) is 6.21. The van der Waals surface area contributed by atoms with Crippen LogP contribution >= 0.6 is 15.9 Å². The van der Waals surface area contributed by atoms with E-state index in [1.54, 1.807) is 12.4 Å². The zero-order chi connectivity index (χ0) is 12.5. The molecule has 1 N–H and O–H groups in total. The highest BCUT2D eigenvalue weighted by molar-refractivity contribution is 9.10. The Kier molecular flexibility index (Phi) is 2.62. The second kappa shape index (κ2) is 4.28. The van der Waals surface area contributed by atoms with Crippen molar-refractivity contribution in [1.82, 2.24) is 9.97 Å². The molecule has 0 radical (unpaired) electrons. The van der Waals surface area contributed by atoms with Crippen LogP contribution < -0.4 is 0 Å². The van der Waals surface area contributed by atoms with Crippen molar-refractivity contribution in [2.75, 3.05) is 0 Å². The molecular formula is C14H8BrN3. The van der Waals surface area contributed by atoms with Gasteiger partial charge in [-0.1, -0.05) is 28.1 Å². The number of H-pyrrole nitrogens is 1. The van der Waals surface area contributed by atoms with Gasteiger partial charge >= 0.3 is 0 Å². The fourth-order valence-electron chi connectivity index (χ4n) is 2.04. The van der Waals surface area contributed by atoms with Crippen LogP contribution in [-0.2, 0) is 0 Å². The Bertz CT molecular complexity index is 768. The van der Waals surface area contributed by atoms with Gasteiger partial charge in [-0.05, 0) is 29.3 Å². The van der Waals surface area contributed by atoms with Gasteiger partial charge in [-0.25, -0.2) is 4.98 Å². The molecule has 0 aliphatic heterocycles. The van der Waals surface area contributed by atoms with Crippen LogP contribution in [0, 0.1) is 11.3 Å². The maximum absolute atomic E-state index is 9.14. The number of hydrogen-bond acceptors (Lipinski definition) is 2. The largest absolute Gasteiger partial charge is 0.345 e. The Morgan fingerprint density at radius 1 is 1.28 bits per heavy atom. The number of aromatic nitrogens is 2. The fourth-order valence-corrected chi connectivity index (χ4v) is 2.44. The van der Waals surface area contributed by atoms with Gasteiger partial charge in [0, 0.05) is 22.3 Å². The summed E-state index contributed by atoms with van der Waals surface area (Å²) < 4.78 is 1.01. The van der Waals surface area contributed by atoms with Crippen molar-refractivity contribution in [2.45, 2.75) is 0 Å². The molecule has 0 spiro atoms. The highest BCUT2D eigenvalue weighted by Crippen LogP contribution is 2.30. The quantitative estimate of drug-likeness (QED) is 0.741. The Hall–Kier alpha value is -2.12. The summed E-state index contributed by atoms with van der Waals surface area (Å²) in [6, 6.07) is 12.1. The third-order valence-corrected chi connectivity index (χ3v) is 3.32. The molecule has 0 aliphatic rings. The third-order valence-electron chi connectivity index (χ3n) is 2.83. The molecule has 3 nitrogen and oxygen atoms in total. The number of halogens is 1. The van der Waals surface area contributed by atoms with Crippen LogP contribution in [0.4, 0.5) is 0 Å². The average molecular weight is 298 g/mol. The number of hydrogen-bond donors (Lipinski definition) is 1. The monoisotopic (exact) mass is 297 g/mol. The maximum atomic E-state index is 9.14. The van der Waals surface area contributed by atoms with Crippen molar-refractivity contribution in [3.05, 3.63) is 52.8 Å². The standard InChI is InChI=1S/C14H8BrN3/c15-11-3-1-2-9(6-11)12-4-5-17-14-13(12)10(7-16)8-18-14/h1-6,8H,(H,17,18). The average Bonchev–Trinajstić information content (AvgIpc) is 2.81. The molecule has 4 heteroatoms. The number of nitriles is 1. The van der Waals surface area contributed by atoms with Crippen molar-refractivity contribution in [3.8, 4) is 17.2 Å². The van der Waals surface area contributed by atoms with E-state index >= 15 is 0 Å². The van der Waals surface area contributed by atoms with Crippen LogP contribution in [0.2, 0.25) is 0 Å². The number of aromatic amines is 1. The summed E-state index contributed by atoms with van der Waals surface area (Å²) in [5.74, 6) is 0. The molecule has 2 aromatic heterocycles. The smallest absolute Gasteiger partial charge is 0.139 e. The summed E-state index contributed by atoms with van der Waals surface area (Å²) in [5, 5.41) is 10.0. The summed E-state index contributed by atoms with van der Waals surface area (Å²) >= 11 is 3.46. The molecule has 0 aliphatic carbocycles. The van der Waals surface area contributed by atoms with Gasteiger partial charge < -0.3 is 4.98 Å². The summed E-state index contributed by atoms with van der Waals surface area (Å²) in [7, 11) is 0. The van der Waals surface area contributed by atoms with E-state index in [0.29, 0.717) is 5.56 Å². The van der Waals surface area contributed by atoms with Crippen molar-refractivity contribution in [2.24, 2.45) is 0 Å². The molecule has 0 amide bonds. The molecule has 86 valence electrons. The molecule has 0 saturated carbocycles. The fraction of sp³-hybridized carbons (Fsp3) is 0. The lowest BCUT2D eigenvalue weighted by atomic mass is 10.0. The molecule has 0 saturated heterocycles. The summed E-state index contributed by atoms with van der Waals surface area (Å²) in [6.45, 7) is 0. The second-order valence-corrected chi connectivity index (χ2v) is 4.82. The van der Waals surface area contributed by atoms with Gasteiger partial charge in [-0.15, -0.1) is 0 Å². The van der Waals surface area contributed by atoms with Crippen LogP contribution in [0.3, 0.4) is 0 Å². The highest BCUT2D eigenvalue weighted by atomic mass is 79.9. The number of benzene rings is 1. The van der Waals surface area contributed by atoms with Crippen molar-refractivity contribution >= 4 is 27.0 Å². The second-order valence-electron chi connectivity index (χ2n) is 3.91. The summed E-state index contributed by atoms with van der Waals surface area (Å²) in [6.07, 6.45) is 3.44. The van der Waals surface area contributed by atoms with Crippen LogP contribution in [0.25, 0.3) is 22.2 Å². The van der Waals surface area contributed by atoms with Gasteiger partial charge in [0.05, 0.1) is 5.56 Å². The van der Waals surface area contributed by atoms with E-state index in [0.717, 1.165) is 26.6 Å². The summed E-state index contributed by atoms with van der Waals surface area (Å²) in [5.41, 5.74) is 3.43. The van der Waals surface area contributed by atoms with Crippen molar-refractivity contribution < 1.29 is 0 Å². The molecule has 2 heterocycles. The van der Waals surface area contributed by atoms with Gasteiger partial charge in [0.1, 0.15) is 11.7 Å². The first-order valence-electron chi connectivity index (χ1n) is 5.42. The number of fused-ring (bicyclic) bond motifs is 1. The van der Waals surface area contributed by atoms with Crippen LogP contribution in [-0.4, -0.2) is 9.97 Å². The molecule has 0 bridgehead atoms.